The Balaban J connectivity index is 2.81. The molecule has 1 aromatic rings. The summed E-state index contributed by atoms with van der Waals surface area (Å²) in [5.74, 6) is -0.161. The lowest BCUT2D eigenvalue weighted by molar-refractivity contribution is 0.0909. The van der Waals surface area contributed by atoms with Gasteiger partial charge in [0.1, 0.15) is 0 Å². The van der Waals surface area contributed by atoms with Gasteiger partial charge in [-0.3, -0.25) is 4.79 Å². The molecule has 0 atom stereocenters. The predicted molar refractivity (Wildman–Crippen MR) is 69.3 cm³/mol. The lowest BCUT2D eigenvalue weighted by atomic mass is 9.95. The Hall–Kier alpha value is -1.49. The number of hydrogen-bond acceptors (Lipinski definition) is 4. The van der Waals surface area contributed by atoms with Gasteiger partial charge in [-0.05, 0) is 19.4 Å². The Bertz CT molecular complexity index is 430. The molecule has 0 unspecified atom stereocenters. The highest BCUT2D eigenvalue weighted by Gasteiger charge is 2.19. The Morgan fingerprint density at radius 2 is 2.11 bits per heavy atom. The van der Waals surface area contributed by atoms with E-state index in [4.69, 9.17) is 5.11 Å². The smallest absolute Gasteiger partial charge is 0.253 e. The molecule has 5 heteroatoms. The van der Waals surface area contributed by atoms with Crippen molar-refractivity contribution in [1.29, 1.82) is 0 Å². The van der Waals surface area contributed by atoms with E-state index in [1.165, 1.54) is 0 Å². The second kappa shape index (κ2) is 5.91. The van der Waals surface area contributed by atoms with Crippen LogP contribution in [-0.4, -0.2) is 34.4 Å². The number of amides is 1. The molecule has 0 radical (unpaired) electrons. The van der Waals surface area contributed by atoms with Crippen molar-refractivity contribution < 1.29 is 9.90 Å². The van der Waals surface area contributed by atoms with Crippen molar-refractivity contribution in [1.82, 2.24) is 15.5 Å². The fourth-order valence-electron chi connectivity index (χ4n) is 1.44. The van der Waals surface area contributed by atoms with Crippen molar-refractivity contribution in [2.24, 2.45) is 5.41 Å². The molecular formula is C13H21N3O2. The Morgan fingerprint density at radius 1 is 1.44 bits per heavy atom. The van der Waals surface area contributed by atoms with Gasteiger partial charge in [-0.1, -0.05) is 20.8 Å². The molecule has 0 fully saturated rings. The SMILES string of the molecule is CCc1nnc(C)cc1C(=O)NCC(C)(C)CO. The first kappa shape index (κ1) is 14.6. The summed E-state index contributed by atoms with van der Waals surface area (Å²) in [5.41, 5.74) is 1.66. The fraction of sp³-hybridized carbons (Fsp3) is 0.615. The highest BCUT2D eigenvalue weighted by molar-refractivity contribution is 5.95. The first-order chi connectivity index (χ1) is 8.39. The standard InChI is InChI=1S/C13H21N3O2/c1-5-11-10(6-9(2)15-16-11)12(18)14-7-13(3,4)8-17/h6,17H,5,7-8H2,1-4H3,(H,14,18). The van der Waals surface area contributed by atoms with Gasteiger partial charge in [-0.2, -0.15) is 10.2 Å². The second-order valence-corrected chi connectivity index (χ2v) is 5.20. The molecule has 1 rings (SSSR count). The molecule has 18 heavy (non-hydrogen) atoms. The molecule has 0 aromatic carbocycles. The second-order valence-electron chi connectivity index (χ2n) is 5.20. The van der Waals surface area contributed by atoms with Crippen molar-refractivity contribution in [3.05, 3.63) is 23.0 Å². The number of hydrogen-bond donors (Lipinski definition) is 2. The van der Waals surface area contributed by atoms with Gasteiger partial charge in [0.2, 0.25) is 0 Å². The fourth-order valence-corrected chi connectivity index (χ4v) is 1.44. The van der Waals surface area contributed by atoms with Crippen LogP contribution in [0.5, 0.6) is 0 Å². The molecule has 1 heterocycles. The highest BCUT2D eigenvalue weighted by atomic mass is 16.3. The van der Waals surface area contributed by atoms with Crippen LogP contribution in [0.15, 0.2) is 6.07 Å². The van der Waals surface area contributed by atoms with Gasteiger partial charge in [0.05, 0.1) is 17.0 Å². The zero-order valence-electron chi connectivity index (χ0n) is 11.4. The van der Waals surface area contributed by atoms with E-state index in [9.17, 15) is 4.79 Å². The topological polar surface area (TPSA) is 75.1 Å². The molecule has 0 saturated heterocycles. The van der Waals surface area contributed by atoms with Crippen molar-refractivity contribution in [2.75, 3.05) is 13.2 Å². The molecule has 0 aliphatic rings. The van der Waals surface area contributed by atoms with E-state index < -0.39 is 0 Å². The van der Waals surface area contributed by atoms with Gasteiger partial charge in [-0.15, -0.1) is 0 Å². The van der Waals surface area contributed by atoms with Gasteiger partial charge in [0, 0.05) is 18.6 Å². The molecule has 0 aliphatic carbocycles. The number of aliphatic hydroxyl groups excluding tert-OH is 1. The van der Waals surface area contributed by atoms with E-state index in [0.29, 0.717) is 24.2 Å². The summed E-state index contributed by atoms with van der Waals surface area (Å²) < 4.78 is 0. The zero-order valence-corrected chi connectivity index (χ0v) is 11.4. The average Bonchev–Trinajstić information content (AvgIpc) is 2.36. The average molecular weight is 251 g/mol. The van der Waals surface area contributed by atoms with Crippen LogP contribution in [0.3, 0.4) is 0 Å². The van der Waals surface area contributed by atoms with E-state index in [0.717, 1.165) is 5.69 Å². The van der Waals surface area contributed by atoms with Crippen LogP contribution in [0.2, 0.25) is 0 Å². The normalized spacial score (nSPS) is 11.4. The van der Waals surface area contributed by atoms with Crippen molar-refractivity contribution in [2.45, 2.75) is 34.1 Å². The molecule has 0 bridgehead atoms. The number of nitrogens with zero attached hydrogens (tertiary/aromatic N) is 2. The van der Waals surface area contributed by atoms with Crippen molar-refractivity contribution in [3.8, 4) is 0 Å². The Labute approximate surface area is 108 Å². The summed E-state index contributed by atoms with van der Waals surface area (Å²) in [6.07, 6.45) is 0.666. The molecule has 2 N–H and O–H groups in total. The van der Waals surface area contributed by atoms with Crippen molar-refractivity contribution in [3.63, 3.8) is 0 Å². The van der Waals surface area contributed by atoms with Crippen LogP contribution in [0.25, 0.3) is 0 Å². The number of aliphatic hydroxyl groups is 1. The minimum absolute atomic E-state index is 0.0293. The quantitative estimate of drug-likeness (QED) is 0.821. The lowest BCUT2D eigenvalue weighted by Gasteiger charge is -2.22. The molecule has 0 saturated carbocycles. The number of carbonyl (C=O) groups is 1. The Kier molecular flexibility index (Phi) is 4.78. The van der Waals surface area contributed by atoms with E-state index in [2.05, 4.69) is 15.5 Å². The van der Waals surface area contributed by atoms with E-state index in [1.807, 2.05) is 20.8 Å². The monoisotopic (exact) mass is 251 g/mol. The largest absolute Gasteiger partial charge is 0.396 e. The van der Waals surface area contributed by atoms with Gasteiger partial charge in [0.15, 0.2) is 0 Å². The minimum atomic E-state index is -0.322. The molecule has 0 aliphatic heterocycles. The zero-order chi connectivity index (χ0) is 13.8. The van der Waals surface area contributed by atoms with Crippen LogP contribution in [0, 0.1) is 12.3 Å². The summed E-state index contributed by atoms with van der Waals surface area (Å²) in [4.78, 5) is 12.1. The number of rotatable bonds is 5. The van der Waals surface area contributed by atoms with Gasteiger partial charge in [0.25, 0.3) is 5.91 Å². The molecule has 1 aromatic heterocycles. The number of carbonyl (C=O) groups excluding carboxylic acids is 1. The van der Waals surface area contributed by atoms with Crippen molar-refractivity contribution >= 4 is 5.91 Å². The van der Waals surface area contributed by atoms with Crippen LogP contribution < -0.4 is 5.32 Å². The van der Waals surface area contributed by atoms with Crippen LogP contribution in [-0.2, 0) is 6.42 Å². The van der Waals surface area contributed by atoms with Crippen LogP contribution >= 0.6 is 0 Å². The number of aromatic nitrogens is 2. The number of aryl methyl sites for hydroxylation is 2. The summed E-state index contributed by atoms with van der Waals surface area (Å²) in [6.45, 7) is 7.98. The van der Waals surface area contributed by atoms with Gasteiger partial charge >= 0.3 is 0 Å². The van der Waals surface area contributed by atoms with E-state index in [1.54, 1.807) is 13.0 Å². The first-order valence-electron chi connectivity index (χ1n) is 6.12. The van der Waals surface area contributed by atoms with E-state index >= 15 is 0 Å². The third kappa shape index (κ3) is 3.77. The number of nitrogens with one attached hydrogen (secondary N) is 1. The third-order valence-electron chi connectivity index (χ3n) is 2.73. The first-order valence-corrected chi connectivity index (χ1v) is 6.12. The molecule has 100 valence electrons. The maximum atomic E-state index is 12.1. The molecule has 1 amide bonds. The lowest BCUT2D eigenvalue weighted by Crippen LogP contribution is -2.36. The molecule has 5 nitrogen and oxygen atoms in total. The predicted octanol–water partition coefficient (Wildman–Crippen LogP) is 1.10. The van der Waals surface area contributed by atoms with Crippen LogP contribution in [0.4, 0.5) is 0 Å². The van der Waals surface area contributed by atoms with Gasteiger partial charge in [-0.25, -0.2) is 0 Å². The Morgan fingerprint density at radius 3 is 2.67 bits per heavy atom. The summed E-state index contributed by atoms with van der Waals surface area (Å²) in [6, 6.07) is 1.74. The summed E-state index contributed by atoms with van der Waals surface area (Å²) in [5, 5.41) is 19.9. The van der Waals surface area contributed by atoms with E-state index in [-0.39, 0.29) is 17.9 Å². The van der Waals surface area contributed by atoms with Gasteiger partial charge < -0.3 is 10.4 Å². The maximum Gasteiger partial charge on any atom is 0.253 e. The summed E-state index contributed by atoms with van der Waals surface area (Å²) >= 11 is 0. The summed E-state index contributed by atoms with van der Waals surface area (Å²) in [7, 11) is 0. The molecule has 0 spiro atoms. The highest BCUT2D eigenvalue weighted by Crippen LogP contribution is 2.13. The minimum Gasteiger partial charge on any atom is -0.396 e. The third-order valence-corrected chi connectivity index (χ3v) is 2.73. The maximum absolute atomic E-state index is 12.1. The molecular weight excluding hydrogens is 230 g/mol. The van der Waals surface area contributed by atoms with Crippen LogP contribution in [0.1, 0.15) is 42.5 Å².